The van der Waals surface area contributed by atoms with Gasteiger partial charge in [-0.3, -0.25) is 0 Å². The van der Waals surface area contributed by atoms with E-state index in [0.29, 0.717) is 10.7 Å². The number of thiocarbonyl (C=S) groups is 1. The van der Waals surface area contributed by atoms with Gasteiger partial charge in [-0.25, -0.2) is 4.98 Å². The fourth-order valence-electron chi connectivity index (χ4n) is 0.893. The Morgan fingerprint density at radius 1 is 1.64 bits per heavy atom. The second kappa shape index (κ2) is 5.26. The summed E-state index contributed by atoms with van der Waals surface area (Å²) in [6.45, 7) is 1.89. The highest BCUT2D eigenvalue weighted by Gasteiger charge is 2.08. The van der Waals surface area contributed by atoms with Crippen LogP contribution in [0.15, 0.2) is 22.9 Å². The van der Waals surface area contributed by atoms with Crippen molar-refractivity contribution in [2.45, 2.75) is 13.0 Å². The largest absolute Gasteiger partial charge is 0.482 e. The topological polar surface area (TPSA) is 34.1 Å². The van der Waals surface area contributed by atoms with Crippen LogP contribution in [0.2, 0.25) is 0 Å². The van der Waals surface area contributed by atoms with Crippen LogP contribution in [-0.4, -0.2) is 23.1 Å². The standard InChI is InChI=1S/C9H11BrN2OS/c1-6(9(14)11-2)13-7-3-4-8(10)12-5-7/h3-6H,1-2H3,(H,11,14)/t6-/m1/s1. The molecule has 0 spiro atoms. The Balaban J connectivity index is 2.60. The number of pyridine rings is 1. The maximum absolute atomic E-state index is 5.53. The van der Waals surface area contributed by atoms with Gasteiger partial charge < -0.3 is 10.1 Å². The maximum atomic E-state index is 5.53. The zero-order valence-corrected chi connectivity index (χ0v) is 10.4. The first-order chi connectivity index (χ1) is 6.63. The second-order valence-electron chi connectivity index (χ2n) is 2.69. The Hall–Kier alpha value is -0.680. The smallest absolute Gasteiger partial charge is 0.146 e. The third kappa shape index (κ3) is 3.23. The van der Waals surface area contributed by atoms with E-state index in [9.17, 15) is 0 Å². The molecule has 0 amide bonds. The summed E-state index contributed by atoms with van der Waals surface area (Å²) in [6.07, 6.45) is 1.51. The van der Waals surface area contributed by atoms with Crippen LogP contribution in [0.5, 0.6) is 5.75 Å². The van der Waals surface area contributed by atoms with Gasteiger partial charge in [-0.1, -0.05) is 12.2 Å². The molecule has 0 unspecified atom stereocenters. The van der Waals surface area contributed by atoms with Crippen LogP contribution in [0.1, 0.15) is 6.92 Å². The molecule has 1 heterocycles. The lowest BCUT2D eigenvalue weighted by molar-refractivity contribution is 0.285. The molecule has 1 aromatic rings. The van der Waals surface area contributed by atoms with Crippen molar-refractivity contribution >= 4 is 33.1 Å². The molecule has 0 aromatic carbocycles. The van der Waals surface area contributed by atoms with Crippen LogP contribution in [0.25, 0.3) is 0 Å². The summed E-state index contributed by atoms with van der Waals surface area (Å²) in [6, 6.07) is 3.66. The number of nitrogens with one attached hydrogen (secondary N) is 1. The zero-order chi connectivity index (χ0) is 10.6. The minimum atomic E-state index is -0.141. The van der Waals surface area contributed by atoms with Crippen molar-refractivity contribution in [3.8, 4) is 5.75 Å². The van der Waals surface area contributed by atoms with Gasteiger partial charge in [0.1, 0.15) is 21.4 Å². The number of likely N-dealkylation sites (N-methyl/N-ethyl adjacent to an activating group) is 1. The highest BCUT2D eigenvalue weighted by atomic mass is 79.9. The first kappa shape index (κ1) is 11.4. The number of nitrogens with zero attached hydrogens (tertiary/aromatic N) is 1. The molecule has 0 aliphatic heterocycles. The fourth-order valence-corrected chi connectivity index (χ4v) is 1.18. The fraction of sp³-hybridized carbons (Fsp3) is 0.333. The predicted molar refractivity (Wildman–Crippen MR) is 63.7 cm³/mol. The quantitative estimate of drug-likeness (QED) is 0.677. The Labute approximate surface area is 97.0 Å². The summed E-state index contributed by atoms with van der Waals surface area (Å²) in [5, 5.41) is 2.87. The van der Waals surface area contributed by atoms with Gasteiger partial charge >= 0.3 is 0 Å². The molecule has 3 nitrogen and oxygen atoms in total. The predicted octanol–water partition coefficient (Wildman–Crippen LogP) is 2.16. The summed E-state index contributed by atoms with van der Waals surface area (Å²) >= 11 is 8.29. The lowest BCUT2D eigenvalue weighted by atomic mass is 10.4. The molecular formula is C9H11BrN2OS. The van der Waals surface area contributed by atoms with Crippen LogP contribution in [0, 0.1) is 0 Å². The molecular weight excluding hydrogens is 264 g/mol. The van der Waals surface area contributed by atoms with Crippen molar-refractivity contribution in [3.05, 3.63) is 22.9 Å². The average Bonchev–Trinajstić information content (AvgIpc) is 2.20. The number of halogens is 1. The molecule has 1 rings (SSSR count). The first-order valence-electron chi connectivity index (χ1n) is 4.13. The van der Waals surface area contributed by atoms with Crippen LogP contribution in [0.4, 0.5) is 0 Å². The molecule has 0 aliphatic rings. The molecule has 0 bridgehead atoms. The monoisotopic (exact) mass is 274 g/mol. The van der Waals surface area contributed by atoms with Crippen LogP contribution < -0.4 is 10.1 Å². The van der Waals surface area contributed by atoms with Gasteiger partial charge in [0.15, 0.2) is 0 Å². The highest BCUT2D eigenvalue weighted by Crippen LogP contribution is 2.14. The van der Waals surface area contributed by atoms with E-state index in [1.54, 1.807) is 13.2 Å². The molecule has 0 aliphatic carbocycles. The van der Waals surface area contributed by atoms with E-state index >= 15 is 0 Å². The average molecular weight is 275 g/mol. The molecule has 5 heteroatoms. The number of aromatic nitrogens is 1. The van der Waals surface area contributed by atoms with Crippen LogP contribution in [0.3, 0.4) is 0 Å². The number of hydrogen-bond donors (Lipinski definition) is 1. The van der Waals surface area contributed by atoms with Crippen molar-refractivity contribution in [1.29, 1.82) is 0 Å². The highest BCUT2D eigenvalue weighted by molar-refractivity contribution is 9.10. The lowest BCUT2D eigenvalue weighted by Crippen LogP contribution is -2.32. The summed E-state index contributed by atoms with van der Waals surface area (Å²) in [5.41, 5.74) is 0. The molecule has 1 N–H and O–H groups in total. The zero-order valence-electron chi connectivity index (χ0n) is 7.95. The minimum Gasteiger partial charge on any atom is -0.482 e. The van der Waals surface area contributed by atoms with E-state index in [2.05, 4.69) is 26.2 Å². The Morgan fingerprint density at radius 3 is 2.86 bits per heavy atom. The van der Waals surface area contributed by atoms with E-state index in [4.69, 9.17) is 17.0 Å². The Bertz CT molecular complexity index is 315. The number of rotatable bonds is 3. The molecule has 0 fully saturated rings. The summed E-state index contributed by atoms with van der Waals surface area (Å²) in [4.78, 5) is 4.72. The van der Waals surface area contributed by atoms with E-state index in [0.717, 1.165) is 4.60 Å². The van der Waals surface area contributed by atoms with Crippen LogP contribution >= 0.6 is 28.1 Å². The van der Waals surface area contributed by atoms with Gasteiger partial charge in [-0.05, 0) is 35.0 Å². The van der Waals surface area contributed by atoms with Crippen molar-refractivity contribution in [1.82, 2.24) is 10.3 Å². The molecule has 14 heavy (non-hydrogen) atoms. The van der Waals surface area contributed by atoms with Crippen molar-refractivity contribution in [2.75, 3.05) is 7.05 Å². The summed E-state index contributed by atoms with van der Waals surface area (Å²) < 4.78 is 6.32. The molecule has 1 aromatic heterocycles. The third-order valence-corrected chi connectivity index (χ3v) is 2.63. The van der Waals surface area contributed by atoms with E-state index in [1.807, 2.05) is 19.1 Å². The van der Waals surface area contributed by atoms with Gasteiger partial charge in [0.25, 0.3) is 0 Å². The third-order valence-electron chi connectivity index (χ3n) is 1.63. The van der Waals surface area contributed by atoms with E-state index < -0.39 is 0 Å². The van der Waals surface area contributed by atoms with Crippen molar-refractivity contribution < 1.29 is 4.74 Å². The first-order valence-corrected chi connectivity index (χ1v) is 5.33. The molecule has 76 valence electrons. The van der Waals surface area contributed by atoms with E-state index in [1.165, 1.54) is 0 Å². The number of hydrogen-bond acceptors (Lipinski definition) is 3. The summed E-state index contributed by atoms with van der Waals surface area (Å²) in [7, 11) is 1.78. The molecule has 0 radical (unpaired) electrons. The van der Waals surface area contributed by atoms with Crippen LogP contribution in [-0.2, 0) is 0 Å². The minimum absolute atomic E-state index is 0.141. The van der Waals surface area contributed by atoms with Gasteiger partial charge in [-0.15, -0.1) is 0 Å². The summed E-state index contributed by atoms with van der Waals surface area (Å²) in [5.74, 6) is 0.707. The Morgan fingerprint density at radius 2 is 2.36 bits per heavy atom. The lowest BCUT2D eigenvalue weighted by Gasteiger charge is -2.14. The maximum Gasteiger partial charge on any atom is 0.146 e. The van der Waals surface area contributed by atoms with Gasteiger partial charge in [0, 0.05) is 7.05 Å². The molecule has 1 atom stereocenters. The van der Waals surface area contributed by atoms with Crippen molar-refractivity contribution in [3.63, 3.8) is 0 Å². The number of ether oxygens (including phenoxy) is 1. The van der Waals surface area contributed by atoms with Gasteiger partial charge in [-0.2, -0.15) is 0 Å². The van der Waals surface area contributed by atoms with Gasteiger partial charge in [0.2, 0.25) is 0 Å². The second-order valence-corrected chi connectivity index (χ2v) is 3.94. The molecule has 0 saturated heterocycles. The molecule has 0 saturated carbocycles. The SMILES string of the molecule is CNC(=S)[C@@H](C)Oc1ccc(Br)nc1. The van der Waals surface area contributed by atoms with Gasteiger partial charge in [0.05, 0.1) is 6.20 Å². The Kier molecular flexibility index (Phi) is 4.28. The van der Waals surface area contributed by atoms with Crippen molar-refractivity contribution in [2.24, 2.45) is 0 Å². The van der Waals surface area contributed by atoms with E-state index in [-0.39, 0.29) is 6.10 Å². The normalized spacial score (nSPS) is 11.9.